The van der Waals surface area contributed by atoms with Gasteiger partial charge in [0.05, 0.1) is 12.8 Å². The SMILES string of the molecule is CCCCOc1cccc(/C=N\n2c(C3CCCCC3)n[nH]c2=S)c1. The minimum absolute atomic E-state index is 0.447. The van der Waals surface area contributed by atoms with E-state index in [2.05, 4.69) is 22.2 Å². The predicted molar refractivity (Wildman–Crippen MR) is 103 cm³/mol. The van der Waals surface area contributed by atoms with E-state index in [1.54, 1.807) is 4.68 Å². The van der Waals surface area contributed by atoms with Gasteiger partial charge in [0.1, 0.15) is 5.75 Å². The second kappa shape index (κ2) is 8.94. The van der Waals surface area contributed by atoms with Crippen molar-refractivity contribution in [1.29, 1.82) is 0 Å². The Balaban J connectivity index is 1.75. The van der Waals surface area contributed by atoms with Crippen LogP contribution in [0.25, 0.3) is 0 Å². The average molecular weight is 359 g/mol. The van der Waals surface area contributed by atoms with Crippen LogP contribution in [0.3, 0.4) is 0 Å². The lowest BCUT2D eigenvalue weighted by atomic mass is 9.89. The summed E-state index contributed by atoms with van der Waals surface area (Å²) in [4.78, 5) is 0. The number of aromatic nitrogens is 3. The fourth-order valence-corrected chi connectivity index (χ4v) is 3.37. The number of aromatic amines is 1. The van der Waals surface area contributed by atoms with Crippen molar-refractivity contribution in [1.82, 2.24) is 14.9 Å². The first-order valence-electron chi connectivity index (χ1n) is 9.22. The standard InChI is InChI=1S/C19H26N4OS/c1-2-3-12-24-17-11-7-8-15(13-17)14-20-23-18(21-22-19(23)25)16-9-5-4-6-10-16/h7-8,11,13-14,16H,2-6,9-10,12H2,1H3,(H,22,25)/b20-14-. The Morgan fingerprint density at radius 2 is 2.20 bits per heavy atom. The molecule has 1 N–H and O–H groups in total. The van der Waals surface area contributed by atoms with Gasteiger partial charge in [0.15, 0.2) is 5.82 Å². The third kappa shape index (κ3) is 4.78. The maximum Gasteiger partial charge on any atom is 0.216 e. The molecule has 1 heterocycles. The highest BCUT2D eigenvalue weighted by atomic mass is 32.1. The average Bonchev–Trinajstić information content (AvgIpc) is 3.02. The highest BCUT2D eigenvalue weighted by Gasteiger charge is 2.21. The van der Waals surface area contributed by atoms with Gasteiger partial charge >= 0.3 is 0 Å². The van der Waals surface area contributed by atoms with Crippen LogP contribution in [0.5, 0.6) is 5.75 Å². The lowest BCUT2D eigenvalue weighted by molar-refractivity contribution is 0.309. The molecule has 2 aromatic rings. The van der Waals surface area contributed by atoms with E-state index in [1.165, 1.54) is 19.3 Å². The van der Waals surface area contributed by atoms with Crippen LogP contribution in [-0.2, 0) is 0 Å². The zero-order valence-electron chi connectivity index (χ0n) is 14.8. The highest BCUT2D eigenvalue weighted by molar-refractivity contribution is 7.71. The lowest BCUT2D eigenvalue weighted by Crippen LogP contribution is -2.10. The van der Waals surface area contributed by atoms with Crippen LogP contribution in [0.15, 0.2) is 29.4 Å². The summed E-state index contributed by atoms with van der Waals surface area (Å²) < 4.78 is 8.08. The zero-order valence-corrected chi connectivity index (χ0v) is 15.6. The summed E-state index contributed by atoms with van der Waals surface area (Å²) in [6.07, 6.45) is 10.2. The van der Waals surface area contributed by atoms with Crippen LogP contribution in [0, 0.1) is 4.77 Å². The molecule has 5 nitrogen and oxygen atoms in total. The maximum absolute atomic E-state index is 5.76. The fourth-order valence-electron chi connectivity index (χ4n) is 3.18. The molecule has 3 rings (SSSR count). The summed E-state index contributed by atoms with van der Waals surface area (Å²) in [5, 5.41) is 11.9. The molecule has 1 aliphatic carbocycles. The van der Waals surface area contributed by atoms with Gasteiger partial charge in [0.2, 0.25) is 4.77 Å². The van der Waals surface area contributed by atoms with Crippen molar-refractivity contribution in [2.75, 3.05) is 6.61 Å². The van der Waals surface area contributed by atoms with Gasteiger partial charge in [0.25, 0.3) is 0 Å². The van der Waals surface area contributed by atoms with Gasteiger partial charge < -0.3 is 4.74 Å². The van der Waals surface area contributed by atoms with Gasteiger partial charge in [-0.05, 0) is 49.2 Å². The molecule has 0 spiro atoms. The van der Waals surface area contributed by atoms with Gasteiger partial charge in [-0.1, -0.05) is 44.7 Å². The van der Waals surface area contributed by atoms with Crippen LogP contribution in [-0.4, -0.2) is 27.7 Å². The summed E-state index contributed by atoms with van der Waals surface area (Å²) in [6, 6.07) is 7.98. The Hall–Kier alpha value is -1.95. The summed E-state index contributed by atoms with van der Waals surface area (Å²) in [5.74, 6) is 2.28. The van der Waals surface area contributed by atoms with Crippen LogP contribution in [0.2, 0.25) is 0 Å². The molecule has 1 aliphatic rings. The van der Waals surface area contributed by atoms with Crippen molar-refractivity contribution in [3.8, 4) is 5.75 Å². The van der Waals surface area contributed by atoms with Gasteiger partial charge in [-0.2, -0.15) is 14.9 Å². The smallest absolute Gasteiger partial charge is 0.216 e. The van der Waals surface area contributed by atoms with Gasteiger partial charge in [0, 0.05) is 5.92 Å². The third-order valence-electron chi connectivity index (χ3n) is 4.59. The van der Waals surface area contributed by atoms with E-state index in [9.17, 15) is 0 Å². The minimum atomic E-state index is 0.447. The van der Waals surface area contributed by atoms with Crippen molar-refractivity contribution in [2.24, 2.45) is 5.10 Å². The molecule has 0 saturated heterocycles. The highest BCUT2D eigenvalue weighted by Crippen LogP contribution is 2.31. The third-order valence-corrected chi connectivity index (χ3v) is 4.86. The summed E-state index contributed by atoms with van der Waals surface area (Å²) in [7, 11) is 0. The molecule has 6 heteroatoms. The molecule has 0 atom stereocenters. The zero-order chi connectivity index (χ0) is 17.5. The molecule has 1 aromatic carbocycles. The lowest BCUT2D eigenvalue weighted by Gasteiger charge is -2.19. The summed E-state index contributed by atoms with van der Waals surface area (Å²) in [5.41, 5.74) is 0.992. The molecule has 0 radical (unpaired) electrons. The Bertz CT molecular complexity index is 759. The molecule has 25 heavy (non-hydrogen) atoms. The topological polar surface area (TPSA) is 55.2 Å². The fraction of sp³-hybridized carbons (Fsp3) is 0.526. The number of unbranched alkanes of at least 4 members (excludes halogenated alkanes) is 1. The number of nitrogens with one attached hydrogen (secondary N) is 1. The molecule has 134 valence electrons. The Labute approximate surface area is 154 Å². The first-order chi connectivity index (χ1) is 12.3. The molecular formula is C19H26N4OS. The van der Waals surface area contributed by atoms with E-state index in [1.807, 2.05) is 30.5 Å². The molecule has 1 aromatic heterocycles. The van der Waals surface area contributed by atoms with Crippen molar-refractivity contribution < 1.29 is 4.74 Å². The second-order valence-corrected chi connectivity index (χ2v) is 6.94. The molecule has 0 unspecified atom stereocenters. The van der Waals surface area contributed by atoms with E-state index < -0.39 is 0 Å². The first kappa shape index (κ1) is 17.9. The Morgan fingerprint density at radius 3 is 3.00 bits per heavy atom. The number of nitrogens with zero attached hydrogens (tertiary/aromatic N) is 3. The molecule has 0 aliphatic heterocycles. The van der Waals surface area contributed by atoms with Crippen molar-refractivity contribution in [3.63, 3.8) is 0 Å². The summed E-state index contributed by atoms with van der Waals surface area (Å²) >= 11 is 5.36. The monoisotopic (exact) mass is 358 g/mol. The van der Waals surface area contributed by atoms with Crippen molar-refractivity contribution in [2.45, 2.75) is 57.8 Å². The molecular weight excluding hydrogens is 332 g/mol. The van der Waals surface area contributed by atoms with E-state index in [0.717, 1.165) is 49.4 Å². The number of H-pyrrole nitrogens is 1. The number of rotatable bonds is 7. The Morgan fingerprint density at radius 1 is 1.36 bits per heavy atom. The minimum Gasteiger partial charge on any atom is -0.494 e. The normalized spacial score (nSPS) is 15.7. The molecule has 0 amide bonds. The molecule has 0 bridgehead atoms. The number of benzene rings is 1. The molecule has 1 saturated carbocycles. The van der Waals surface area contributed by atoms with E-state index in [4.69, 9.17) is 17.0 Å². The van der Waals surface area contributed by atoms with E-state index >= 15 is 0 Å². The van der Waals surface area contributed by atoms with Crippen molar-refractivity contribution >= 4 is 18.4 Å². The first-order valence-corrected chi connectivity index (χ1v) is 9.63. The summed E-state index contributed by atoms with van der Waals surface area (Å²) in [6.45, 7) is 2.90. The van der Waals surface area contributed by atoms with Crippen LogP contribution >= 0.6 is 12.2 Å². The van der Waals surface area contributed by atoms with Crippen LogP contribution in [0.1, 0.15) is 69.2 Å². The van der Waals surface area contributed by atoms with Gasteiger partial charge in [-0.25, -0.2) is 0 Å². The second-order valence-electron chi connectivity index (χ2n) is 6.55. The van der Waals surface area contributed by atoms with Gasteiger partial charge in [-0.3, -0.25) is 5.10 Å². The number of ether oxygens (including phenoxy) is 1. The maximum atomic E-state index is 5.76. The van der Waals surface area contributed by atoms with Crippen LogP contribution < -0.4 is 4.74 Å². The van der Waals surface area contributed by atoms with Gasteiger partial charge in [-0.15, -0.1) is 0 Å². The number of hydrogen-bond acceptors (Lipinski definition) is 4. The molecule has 1 fully saturated rings. The quantitative estimate of drug-likeness (QED) is 0.428. The van der Waals surface area contributed by atoms with E-state index in [0.29, 0.717) is 10.7 Å². The predicted octanol–water partition coefficient (Wildman–Crippen LogP) is 5.05. The Kier molecular flexibility index (Phi) is 6.39. The largest absolute Gasteiger partial charge is 0.494 e. The van der Waals surface area contributed by atoms with Crippen molar-refractivity contribution in [3.05, 3.63) is 40.4 Å². The van der Waals surface area contributed by atoms with E-state index in [-0.39, 0.29) is 0 Å². The van der Waals surface area contributed by atoms with Crippen LogP contribution in [0.4, 0.5) is 0 Å². The number of hydrogen-bond donors (Lipinski definition) is 1.